The summed E-state index contributed by atoms with van der Waals surface area (Å²) in [6, 6.07) is 8.22. The zero-order valence-electron chi connectivity index (χ0n) is 16.9. The molecule has 7 nitrogen and oxygen atoms in total. The number of piperidine rings is 2. The number of amides is 1. The average Bonchev–Trinajstić information content (AvgIpc) is 2.79. The van der Waals surface area contributed by atoms with Crippen LogP contribution in [0.25, 0.3) is 0 Å². The van der Waals surface area contributed by atoms with Crippen LogP contribution in [0.3, 0.4) is 0 Å². The minimum atomic E-state index is 0.0863. The molecule has 0 radical (unpaired) electrons. The lowest BCUT2D eigenvalue weighted by molar-refractivity contribution is -0.127. The SMILES string of the molecule is O=C(NCc1ccccn1)[C@H]1CCCN(C2CCN(Cc3ncccn3)CC2)C1. The summed E-state index contributed by atoms with van der Waals surface area (Å²) in [6.45, 7) is 5.45. The molecule has 1 atom stereocenters. The first-order valence-electron chi connectivity index (χ1n) is 10.7. The normalized spacial score (nSPS) is 21.7. The maximum Gasteiger partial charge on any atom is 0.224 e. The molecular weight excluding hydrogens is 364 g/mol. The van der Waals surface area contributed by atoms with E-state index in [1.807, 2.05) is 36.7 Å². The number of likely N-dealkylation sites (tertiary alicyclic amines) is 2. The van der Waals surface area contributed by atoms with Crippen LogP contribution in [0.1, 0.15) is 37.2 Å². The van der Waals surface area contributed by atoms with Crippen molar-refractivity contribution in [1.29, 1.82) is 0 Å². The summed E-state index contributed by atoms with van der Waals surface area (Å²) >= 11 is 0. The van der Waals surface area contributed by atoms with Gasteiger partial charge in [0.15, 0.2) is 0 Å². The Labute approximate surface area is 172 Å². The predicted molar refractivity (Wildman–Crippen MR) is 111 cm³/mol. The van der Waals surface area contributed by atoms with Crippen LogP contribution >= 0.6 is 0 Å². The Balaban J connectivity index is 1.23. The number of nitrogens with one attached hydrogen (secondary N) is 1. The molecule has 29 heavy (non-hydrogen) atoms. The number of aromatic nitrogens is 3. The van der Waals surface area contributed by atoms with Gasteiger partial charge in [0.1, 0.15) is 5.82 Å². The third-order valence-electron chi connectivity index (χ3n) is 6.05. The minimum Gasteiger partial charge on any atom is -0.350 e. The fraction of sp³-hybridized carbons (Fsp3) is 0.545. The number of carbonyl (C=O) groups excluding carboxylic acids is 1. The molecule has 0 bridgehead atoms. The van der Waals surface area contributed by atoms with Crippen molar-refractivity contribution in [2.24, 2.45) is 5.92 Å². The second-order valence-electron chi connectivity index (χ2n) is 8.05. The second-order valence-corrected chi connectivity index (χ2v) is 8.05. The molecule has 0 unspecified atom stereocenters. The molecule has 4 rings (SSSR count). The number of pyridine rings is 1. The third kappa shape index (κ3) is 5.58. The van der Waals surface area contributed by atoms with Crippen LogP contribution < -0.4 is 5.32 Å². The van der Waals surface area contributed by atoms with E-state index in [1.54, 1.807) is 6.20 Å². The largest absolute Gasteiger partial charge is 0.350 e. The maximum atomic E-state index is 12.7. The molecule has 154 valence electrons. The number of rotatable bonds is 6. The molecule has 0 aromatic carbocycles. The highest BCUT2D eigenvalue weighted by Gasteiger charge is 2.31. The van der Waals surface area contributed by atoms with E-state index in [-0.39, 0.29) is 11.8 Å². The van der Waals surface area contributed by atoms with Crippen molar-refractivity contribution in [3.8, 4) is 0 Å². The van der Waals surface area contributed by atoms with Gasteiger partial charge in [-0.1, -0.05) is 6.07 Å². The molecule has 0 aliphatic carbocycles. The van der Waals surface area contributed by atoms with Crippen molar-refractivity contribution < 1.29 is 4.79 Å². The standard InChI is InChI=1S/C22H30N6O/c29-22(26-15-19-6-1-2-9-23-19)18-5-3-12-28(16-18)20-7-13-27(14-8-20)17-21-24-10-4-11-25-21/h1-2,4,6,9-11,18,20H,3,5,7-8,12-17H2,(H,26,29)/t18-/m0/s1. The minimum absolute atomic E-state index is 0.0863. The van der Waals surface area contributed by atoms with Crippen LogP contribution in [0, 0.1) is 5.92 Å². The molecule has 2 fully saturated rings. The molecule has 2 saturated heterocycles. The second kappa shape index (κ2) is 9.89. The lowest BCUT2D eigenvalue weighted by Crippen LogP contribution is -2.50. The van der Waals surface area contributed by atoms with Gasteiger partial charge < -0.3 is 5.32 Å². The van der Waals surface area contributed by atoms with Gasteiger partial charge in [-0.2, -0.15) is 0 Å². The van der Waals surface area contributed by atoms with E-state index in [0.29, 0.717) is 12.6 Å². The molecule has 2 aliphatic heterocycles. The molecule has 0 saturated carbocycles. The summed E-state index contributed by atoms with van der Waals surface area (Å²) in [7, 11) is 0. The molecule has 0 spiro atoms. The van der Waals surface area contributed by atoms with E-state index < -0.39 is 0 Å². The highest BCUT2D eigenvalue weighted by atomic mass is 16.1. The fourth-order valence-corrected chi connectivity index (χ4v) is 4.43. The average molecular weight is 395 g/mol. The molecule has 2 aromatic rings. The zero-order valence-corrected chi connectivity index (χ0v) is 16.9. The van der Waals surface area contributed by atoms with Gasteiger partial charge in [0, 0.05) is 44.3 Å². The van der Waals surface area contributed by atoms with Crippen LogP contribution in [-0.2, 0) is 17.9 Å². The van der Waals surface area contributed by atoms with Gasteiger partial charge in [-0.05, 0) is 50.4 Å². The van der Waals surface area contributed by atoms with Crippen LogP contribution in [0.2, 0.25) is 0 Å². The van der Waals surface area contributed by atoms with Gasteiger partial charge in [0.2, 0.25) is 5.91 Å². The molecule has 7 heteroatoms. The first-order valence-corrected chi connectivity index (χ1v) is 10.7. The zero-order chi connectivity index (χ0) is 19.9. The molecule has 2 aliphatic rings. The Morgan fingerprint density at radius 3 is 2.55 bits per heavy atom. The Morgan fingerprint density at radius 2 is 1.79 bits per heavy atom. The van der Waals surface area contributed by atoms with Crippen LogP contribution in [0.15, 0.2) is 42.9 Å². The highest BCUT2D eigenvalue weighted by Crippen LogP contribution is 2.24. The Kier molecular flexibility index (Phi) is 6.79. The summed E-state index contributed by atoms with van der Waals surface area (Å²) < 4.78 is 0. The summed E-state index contributed by atoms with van der Waals surface area (Å²) in [5.74, 6) is 1.15. The maximum absolute atomic E-state index is 12.7. The van der Waals surface area contributed by atoms with Gasteiger partial charge in [-0.15, -0.1) is 0 Å². The quantitative estimate of drug-likeness (QED) is 0.806. The summed E-state index contributed by atoms with van der Waals surface area (Å²) in [5, 5.41) is 3.08. The van der Waals surface area contributed by atoms with Crippen molar-refractivity contribution in [2.45, 2.75) is 44.8 Å². The van der Waals surface area contributed by atoms with Crippen LogP contribution in [-0.4, -0.2) is 62.9 Å². The highest BCUT2D eigenvalue weighted by molar-refractivity contribution is 5.78. The van der Waals surface area contributed by atoms with E-state index in [4.69, 9.17) is 0 Å². The number of hydrogen-bond acceptors (Lipinski definition) is 6. The molecule has 2 aromatic heterocycles. The van der Waals surface area contributed by atoms with Crippen LogP contribution in [0.4, 0.5) is 0 Å². The Bertz CT molecular complexity index is 763. The Morgan fingerprint density at radius 1 is 1.00 bits per heavy atom. The monoisotopic (exact) mass is 394 g/mol. The van der Waals surface area contributed by atoms with Crippen molar-refractivity contribution in [1.82, 2.24) is 30.1 Å². The Hall–Kier alpha value is -2.38. The van der Waals surface area contributed by atoms with E-state index >= 15 is 0 Å². The third-order valence-corrected chi connectivity index (χ3v) is 6.05. The lowest BCUT2D eigenvalue weighted by atomic mass is 9.93. The van der Waals surface area contributed by atoms with Crippen molar-refractivity contribution in [3.05, 3.63) is 54.4 Å². The summed E-state index contributed by atoms with van der Waals surface area (Å²) in [6.07, 6.45) is 9.75. The first kappa shape index (κ1) is 19.9. The number of nitrogens with zero attached hydrogens (tertiary/aromatic N) is 5. The van der Waals surface area contributed by atoms with E-state index in [2.05, 4.69) is 30.1 Å². The summed E-state index contributed by atoms with van der Waals surface area (Å²) in [5.41, 5.74) is 0.906. The molecule has 1 amide bonds. The fourth-order valence-electron chi connectivity index (χ4n) is 4.43. The topological polar surface area (TPSA) is 74.2 Å². The van der Waals surface area contributed by atoms with Crippen LogP contribution in [0.5, 0.6) is 0 Å². The van der Waals surface area contributed by atoms with Gasteiger partial charge in [0.05, 0.1) is 24.7 Å². The van der Waals surface area contributed by atoms with Crippen molar-refractivity contribution >= 4 is 5.91 Å². The number of carbonyl (C=O) groups is 1. The number of hydrogen-bond donors (Lipinski definition) is 1. The first-order chi connectivity index (χ1) is 14.3. The van der Waals surface area contributed by atoms with E-state index in [0.717, 1.165) is 69.9 Å². The smallest absolute Gasteiger partial charge is 0.224 e. The van der Waals surface area contributed by atoms with Gasteiger partial charge in [-0.25, -0.2) is 9.97 Å². The van der Waals surface area contributed by atoms with E-state index in [1.165, 1.54) is 0 Å². The summed E-state index contributed by atoms with van der Waals surface area (Å²) in [4.78, 5) is 30.6. The van der Waals surface area contributed by atoms with Gasteiger partial charge in [0.25, 0.3) is 0 Å². The van der Waals surface area contributed by atoms with Gasteiger partial charge in [-0.3, -0.25) is 19.6 Å². The predicted octanol–water partition coefficient (Wildman–Crippen LogP) is 1.86. The lowest BCUT2D eigenvalue weighted by Gasteiger charge is -2.41. The molecule has 4 heterocycles. The van der Waals surface area contributed by atoms with E-state index in [9.17, 15) is 4.79 Å². The van der Waals surface area contributed by atoms with Gasteiger partial charge >= 0.3 is 0 Å². The molecule has 1 N–H and O–H groups in total. The van der Waals surface area contributed by atoms with Crippen molar-refractivity contribution in [3.63, 3.8) is 0 Å². The van der Waals surface area contributed by atoms with Crippen molar-refractivity contribution in [2.75, 3.05) is 26.2 Å². The molecular formula is C22H30N6O.